The fourth-order valence-electron chi connectivity index (χ4n) is 2.15. The van der Waals surface area contributed by atoms with Crippen molar-refractivity contribution in [2.75, 3.05) is 6.54 Å². The SMILES string of the molecule is CCCNC(Cc1ccncc1)c1cccc(F)c1Cl. The Morgan fingerprint density at radius 3 is 2.70 bits per heavy atom. The zero-order valence-electron chi connectivity index (χ0n) is 11.4. The lowest BCUT2D eigenvalue weighted by Gasteiger charge is -2.20. The first-order valence-corrected chi connectivity index (χ1v) is 7.16. The number of hydrogen-bond acceptors (Lipinski definition) is 2. The molecule has 0 radical (unpaired) electrons. The number of hydrogen-bond donors (Lipinski definition) is 1. The fourth-order valence-corrected chi connectivity index (χ4v) is 2.41. The molecule has 1 heterocycles. The molecule has 0 spiro atoms. The number of nitrogens with zero attached hydrogens (tertiary/aromatic N) is 1. The van der Waals surface area contributed by atoms with Crippen molar-refractivity contribution in [3.8, 4) is 0 Å². The molecule has 0 fully saturated rings. The van der Waals surface area contributed by atoms with Crippen molar-refractivity contribution in [1.82, 2.24) is 10.3 Å². The van der Waals surface area contributed by atoms with E-state index >= 15 is 0 Å². The number of pyridine rings is 1. The Kier molecular flexibility index (Phi) is 5.50. The maximum Gasteiger partial charge on any atom is 0.142 e. The van der Waals surface area contributed by atoms with E-state index in [1.807, 2.05) is 18.2 Å². The van der Waals surface area contributed by atoms with Crippen LogP contribution in [0.1, 0.15) is 30.5 Å². The van der Waals surface area contributed by atoms with E-state index in [1.165, 1.54) is 6.07 Å². The summed E-state index contributed by atoms with van der Waals surface area (Å²) in [6.45, 7) is 2.96. The molecule has 0 aliphatic rings. The summed E-state index contributed by atoms with van der Waals surface area (Å²) >= 11 is 6.11. The highest BCUT2D eigenvalue weighted by molar-refractivity contribution is 6.31. The summed E-state index contributed by atoms with van der Waals surface area (Å²) in [5.74, 6) is -0.373. The van der Waals surface area contributed by atoms with Gasteiger partial charge in [0.2, 0.25) is 0 Å². The van der Waals surface area contributed by atoms with E-state index in [9.17, 15) is 4.39 Å². The predicted molar refractivity (Wildman–Crippen MR) is 80.4 cm³/mol. The third-order valence-electron chi connectivity index (χ3n) is 3.19. The van der Waals surface area contributed by atoms with Gasteiger partial charge in [0.1, 0.15) is 5.82 Å². The molecule has 1 atom stereocenters. The molecule has 0 saturated carbocycles. The Morgan fingerprint density at radius 1 is 1.25 bits per heavy atom. The van der Waals surface area contributed by atoms with E-state index in [4.69, 9.17) is 11.6 Å². The predicted octanol–water partition coefficient (Wildman–Crippen LogP) is 4.16. The normalized spacial score (nSPS) is 12.3. The smallest absolute Gasteiger partial charge is 0.142 e. The van der Waals surface area contributed by atoms with Gasteiger partial charge in [0.05, 0.1) is 5.02 Å². The van der Waals surface area contributed by atoms with Crippen LogP contribution in [-0.4, -0.2) is 11.5 Å². The Morgan fingerprint density at radius 2 is 2.00 bits per heavy atom. The van der Waals surface area contributed by atoms with Crippen molar-refractivity contribution >= 4 is 11.6 Å². The minimum Gasteiger partial charge on any atom is -0.310 e. The van der Waals surface area contributed by atoms with Crippen LogP contribution in [0.4, 0.5) is 4.39 Å². The summed E-state index contributed by atoms with van der Waals surface area (Å²) in [5.41, 5.74) is 1.95. The monoisotopic (exact) mass is 292 g/mol. The molecule has 0 amide bonds. The number of aromatic nitrogens is 1. The van der Waals surface area contributed by atoms with Crippen molar-refractivity contribution in [3.63, 3.8) is 0 Å². The van der Waals surface area contributed by atoms with E-state index in [2.05, 4.69) is 17.2 Å². The van der Waals surface area contributed by atoms with Gasteiger partial charge >= 0.3 is 0 Å². The molecule has 2 nitrogen and oxygen atoms in total. The number of halogens is 2. The van der Waals surface area contributed by atoms with Crippen LogP contribution in [0.5, 0.6) is 0 Å². The molecule has 1 aromatic carbocycles. The number of benzene rings is 1. The molecule has 0 bridgehead atoms. The largest absolute Gasteiger partial charge is 0.310 e. The van der Waals surface area contributed by atoms with Gasteiger partial charge in [-0.1, -0.05) is 30.7 Å². The molecular weight excluding hydrogens is 275 g/mol. The van der Waals surface area contributed by atoms with Gasteiger partial charge < -0.3 is 5.32 Å². The Labute approximate surface area is 124 Å². The zero-order valence-corrected chi connectivity index (χ0v) is 12.2. The molecular formula is C16H18ClFN2. The molecule has 1 N–H and O–H groups in total. The first-order valence-electron chi connectivity index (χ1n) is 6.78. The Hall–Kier alpha value is -1.45. The van der Waals surface area contributed by atoms with Gasteiger partial charge in [-0.2, -0.15) is 0 Å². The van der Waals surface area contributed by atoms with Crippen LogP contribution in [0.2, 0.25) is 5.02 Å². The summed E-state index contributed by atoms with van der Waals surface area (Å²) in [5, 5.41) is 3.63. The molecule has 2 aromatic rings. The van der Waals surface area contributed by atoms with Crippen LogP contribution in [0, 0.1) is 5.82 Å². The lowest BCUT2D eigenvalue weighted by atomic mass is 9.99. The minimum atomic E-state index is -0.373. The molecule has 1 unspecified atom stereocenters. The second-order valence-electron chi connectivity index (χ2n) is 4.71. The van der Waals surface area contributed by atoms with E-state index in [0.29, 0.717) is 0 Å². The van der Waals surface area contributed by atoms with E-state index < -0.39 is 0 Å². The van der Waals surface area contributed by atoms with Crippen LogP contribution >= 0.6 is 11.6 Å². The van der Waals surface area contributed by atoms with Crippen LogP contribution in [0.25, 0.3) is 0 Å². The first-order chi connectivity index (χ1) is 9.72. The summed E-state index contributed by atoms with van der Waals surface area (Å²) in [6, 6.07) is 8.89. The van der Waals surface area contributed by atoms with E-state index in [1.54, 1.807) is 18.5 Å². The molecule has 0 saturated heterocycles. The highest BCUT2D eigenvalue weighted by atomic mass is 35.5. The molecule has 4 heteroatoms. The highest BCUT2D eigenvalue weighted by Gasteiger charge is 2.16. The molecule has 2 rings (SSSR count). The molecule has 0 aliphatic heterocycles. The highest BCUT2D eigenvalue weighted by Crippen LogP contribution is 2.27. The second kappa shape index (κ2) is 7.36. The molecule has 0 aliphatic carbocycles. The first kappa shape index (κ1) is 14.9. The topological polar surface area (TPSA) is 24.9 Å². The van der Waals surface area contributed by atoms with Crippen molar-refractivity contribution < 1.29 is 4.39 Å². The lowest BCUT2D eigenvalue weighted by molar-refractivity contribution is 0.524. The van der Waals surface area contributed by atoms with Crippen LogP contribution < -0.4 is 5.32 Å². The number of rotatable bonds is 6. The average molecular weight is 293 g/mol. The third kappa shape index (κ3) is 3.78. The second-order valence-corrected chi connectivity index (χ2v) is 5.09. The Balaban J connectivity index is 2.25. The van der Waals surface area contributed by atoms with Gasteiger partial charge in [-0.05, 0) is 48.7 Å². The molecule has 106 valence electrons. The van der Waals surface area contributed by atoms with E-state index in [0.717, 1.165) is 30.5 Å². The van der Waals surface area contributed by atoms with Gasteiger partial charge in [-0.3, -0.25) is 4.98 Å². The van der Waals surface area contributed by atoms with Crippen molar-refractivity contribution in [2.24, 2.45) is 0 Å². The van der Waals surface area contributed by atoms with Crippen LogP contribution in [0.3, 0.4) is 0 Å². The van der Waals surface area contributed by atoms with E-state index in [-0.39, 0.29) is 16.9 Å². The lowest BCUT2D eigenvalue weighted by Crippen LogP contribution is -2.24. The van der Waals surface area contributed by atoms with Crippen molar-refractivity contribution in [2.45, 2.75) is 25.8 Å². The minimum absolute atomic E-state index is 0.000509. The third-order valence-corrected chi connectivity index (χ3v) is 3.59. The van der Waals surface area contributed by atoms with Gasteiger partial charge in [0.15, 0.2) is 0 Å². The Bertz CT molecular complexity index is 545. The van der Waals surface area contributed by atoms with Crippen molar-refractivity contribution in [1.29, 1.82) is 0 Å². The maximum atomic E-state index is 13.6. The van der Waals surface area contributed by atoms with Crippen LogP contribution in [0.15, 0.2) is 42.7 Å². The van der Waals surface area contributed by atoms with Crippen LogP contribution in [-0.2, 0) is 6.42 Å². The summed E-state index contributed by atoms with van der Waals surface area (Å²) < 4.78 is 13.6. The zero-order chi connectivity index (χ0) is 14.4. The summed E-state index contributed by atoms with van der Waals surface area (Å²) in [6.07, 6.45) is 5.30. The van der Waals surface area contributed by atoms with Gasteiger partial charge in [0.25, 0.3) is 0 Å². The standard InChI is InChI=1S/C16H18ClFN2/c1-2-8-20-15(11-12-6-9-19-10-7-12)13-4-3-5-14(18)16(13)17/h3-7,9-10,15,20H,2,8,11H2,1H3. The molecule has 20 heavy (non-hydrogen) atoms. The van der Waals surface area contributed by atoms with Gasteiger partial charge in [-0.25, -0.2) is 4.39 Å². The molecule has 1 aromatic heterocycles. The van der Waals surface area contributed by atoms with Crippen molar-refractivity contribution in [3.05, 3.63) is 64.7 Å². The quantitative estimate of drug-likeness (QED) is 0.865. The van der Waals surface area contributed by atoms with Gasteiger partial charge in [-0.15, -0.1) is 0 Å². The maximum absolute atomic E-state index is 13.6. The number of nitrogens with one attached hydrogen (secondary N) is 1. The fraction of sp³-hybridized carbons (Fsp3) is 0.312. The summed E-state index contributed by atoms with van der Waals surface area (Å²) in [7, 11) is 0. The average Bonchev–Trinajstić information content (AvgIpc) is 2.48. The summed E-state index contributed by atoms with van der Waals surface area (Å²) in [4.78, 5) is 4.01. The van der Waals surface area contributed by atoms with Gasteiger partial charge in [0, 0.05) is 18.4 Å².